The van der Waals surface area contributed by atoms with Crippen LogP contribution in [0.1, 0.15) is 27.2 Å². The second kappa shape index (κ2) is 4.21. The Hall–Kier alpha value is -1.12. The molecule has 0 aromatic carbocycles. The van der Waals surface area contributed by atoms with Gasteiger partial charge in [-0.1, -0.05) is 13.8 Å². The van der Waals surface area contributed by atoms with Gasteiger partial charge in [-0.3, -0.25) is 4.99 Å². The van der Waals surface area contributed by atoms with E-state index in [1.807, 2.05) is 0 Å². The van der Waals surface area contributed by atoms with Crippen LogP contribution in [0.25, 0.3) is 0 Å². The Morgan fingerprint density at radius 1 is 1.69 bits per heavy atom. The van der Waals surface area contributed by atoms with Gasteiger partial charge in [0.1, 0.15) is 5.70 Å². The highest BCUT2D eigenvalue weighted by molar-refractivity contribution is 5.93. The first-order chi connectivity index (χ1) is 6.16. The molecular formula is C10H15NO2. The molecule has 0 aromatic heterocycles. The molecule has 0 unspecified atom stereocenters. The Morgan fingerprint density at radius 3 is 2.92 bits per heavy atom. The van der Waals surface area contributed by atoms with Gasteiger partial charge in [-0.05, 0) is 18.4 Å². The molecule has 3 heteroatoms. The summed E-state index contributed by atoms with van der Waals surface area (Å²) in [5.41, 5.74) is 1.59. The number of ether oxygens (including phenoxy) is 1. The maximum Gasteiger partial charge on any atom is 0.356 e. The van der Waals surface area contributed by atoms with Gasteiger partial charge in [0.15, 0.2) is 0 Å². The number of allylic oxidation sites excluding steroid dienone is 1. The van der Waals surface area contributed by atoms with E-state index in [2.05, 4.69) is 18.8 Å². The summed E-state index contributed by atoms with van der Waals surface area (Å²) in [6.45, 7) is 6.32. The molecule has 0 saturated heterocycles. The fourth-order valence-electron chi connectivity index (χ4n) is 1.31. The van der Waals surface area contributed by atoms with Crippen molar-refractivity contribution < 1.29 is 9.53 Å². The second-order valence-electron chi connectivity index (χ2n) is 3.26. The normalized spacial score (nSPS) is 15.7. The van der Waals surface area contributed by atoms with Crippen LogP contribution in [0.15, 0.2) is 16.3 Å². The van der Waals surface area contributed by atoms with Crippen molar-refractivity contribution in [2.45, 2.75) is 27.2 Å². The largest absolute Gasteiger partial charge is 0.461 e. The second-order valence-corrected chi connectivity index (χ2v) is 3.26. The predicted octanol–water partition coefficient (Wildman–Crippen LogP) is 1.93. The lowest BCUT2D eigenvalue weighted by Crippen LogP contribution is -2.08. The van der Waals surface area contributed by atoms with Gasteiger partial charge in [-0.25, -0.2) is 4.79 Å². The fraction of sp³-hybridized carbons (Fsp3) is 0.600. The van der Waals surface area contributed by atoms with Gasteiger partial charge in [0.25, 0.3) is 0 Å². The Balaban J connectivity index is 2.80. The Morgan fingerprint density at radius 2 is 2.38 bits per heavy atom. The van der Waals surface area contributed by atoms with Gasteiger partial charge in [0, 0.05) is 12.6 Å². The summed E-state index contributed by atoms with van der Waals surface area (Å²) >= 11 is 0. The number of carbonyl (C=O) groups is 1. The van der Waals surface area contributed by atoms with Crippen molar-refractivity contribution in [3.63, 3.8) is 0 Å². The zero-order valence-electron chi connectivity index (χ0n) is 8.33. The highest BCUT2D eigenvalue weighted by Gasteiger charge is 2.20. The summed E-state index contributed by atoms with van der Waals surface area (Å²) in [5.74, 6) is 0.0712. The molecule has 3 nitrogen and oxygen atoms in total. The van der Waals surface area contributed by atoms with Gasteiger partial charge in [0.05, 0.1) is 6.61 Å². The summed E-state index contributed by atoms with van der Waals surface area (Å²) < 4.78 is 4.90. The van der Waals surface area contributed by atoms with Crippen molar-refractivity contribution in [1.82, 2.24) is 0 Å². The summed E-state index contributed by atoms with van der Waals surface area (Å²) in [7, 11) is 0. The van der Waals surface area contributed by atoms with Crippen molar-refractivity contribution in [1.29, 1.82) is 0 Å². The van der Waals surface area contributed by atoms with Crippen LogP contribution in [0.5, 0.6) is 0 Å². The van der Waals surface area contributed by atoms with Crippen LogP contribution in [0.2, 0.25) is 0 Å². The summed E-state index contributed by atoms with van der Waals surface area (Å²) in [4.78, 5) is 15.4. The Labute approximate surface area is 78.5 Å². The van der Waals surface area contributed by atoms with E-state index in [-0.39, 0.29) is 5.97 Å². The highest BCUT2D eigenvalue weighted by atomic mass is 16.5. The number of esters is 1. The average Bonchev–Trinajstić information content (AvgIpc) is 2.52. The first kappa shape index (κ1) is 9.96. The number of hydrogen-bond donors (Lipinski definition) is 0. The fourth-order valence-corrected chi connectivity index (χ4v) is 1.31. The maximum absolute atomic E-state index is 11.4. The van der Waals surface area contributed by atoms with Gasteiger partial charge in [-0.15, -0.1) is 0 Å². The lowest BCUT2D eigenvalue weighted by Gasteiger charge is -2.07. The van der Waals surface area contributed by atoms with Crippen LogP contribution in [0.3, 0.4) is 0 Å². The van der Waals surface area contributed by atoms with Crippen LogP contribution in [0, 0.1) is 5.92 Å². The molecule has 1 rings (SSSR count). The number of nitrogens with zero attached hydrogens (tertiary/aromatic N) is 1. The smallest absolute Gasteiger partial charge is 0.356 e. The van der Waals surface area contributed by atoms with Crippen molar-refractivity contribution in [2.75, 3.05) is 6.61 Å². The molecular weight excluding hydrogens is 166 g/mol. The molecule has 0 aliphatic carbocycles. The van der Waals surface area contributed by atoms with Crippen molar-refractivity contribution in [3.8, 4) is 0 Å². The molecule has 0 amide bonds. The minimum atomic E-state index is -0.292. The molecule has 0 bridgehead atoms. The zero-order valence-corrected chi connectivity index (χ0v) is 8.33. The van der Waals surface area contributed by atoms with Gasteiger partial charge < -0.3 is 4.74 Å². The lowest BCUT2D eigenvalue weighted by molar-refractivity contribution is -0.138. The molecule has 0 N–H and O–H groups in total. The van der Waals surface area contributed by atoms with Crippen LogP contribution in [-0.2, 0) is 9.53 Å². The first-order valence-corrected chi connectivity index (χ1v) is 4.59. The number of carbonyl (C=O) groups excluding carboxylic acids is 1. The predicted molar refractivity (Wildman–Crippen MR) is 51.6 cm³/mol. The number of hydrogen-bond acceptors (Lipinski definition) is 3. The standard InChI is InChI=1S/C10H15NO2/c1-4-13-10(12)9-8(7(2)3)5-6-11-9/h6-7H,4-5H2,1-3H3. The van der Waals surface area contributed by atoms with Gasteiger partial charge >= 0.3 is 5.97 Å². The van der Waals surface area contributed by atoms with E-state index in [0.29, 0.717) is 18.2 Å². The third kappa shape index (κ3) is 2.17. The third-order valence-electron chi connectivity index (χ3n) is 2.00. The topological polar surface area (TPSA) is 38.7 Å². The zero-order chi connectivity index (χ0) is 9.84. The van der Waals surface area contributed by atoms with Crippen LogP contribution in [0.4, 0.5) is 0 Å². The molecule has 0 spiro atoms. The quantitative estimate of drug-likeness (QED) is 0.624. The molecule has 0 fully saturated rings. The SMILES string of the molecule is CCOC(=O)C1=C(C(C)C)CC=N1. The summed E-state index contributed by atoms with van der Waals surface area (Å²) in [6.07, 6.45) is 2.55. The van der Waals surface area contributed by atoms with Crippen molar-refractivity contribution in [2.24, 2.45) is 10.9 Å². The minimum Gasteiger partial charge on any atom is -0.461 e. The molecule has 13 heavy (non-hydrogen) atoms. The third-order valence-corrected chi connectivity index (χ3v) is 2.00. The molecule has 0 radical (unpaired) electrons. The van der Waals surface area contributed by atoms with E-state index in [1.54, 1.807) is 13.1 Å². The Bertz CT molecular complexity index is 264. The van der Waals surface area contributed by atoms with E-state index in [1.165, 1.54) is 0 Å². The minimum absolute atomic E-state index is 0.292. The number of rotatable bonds is 3. The van der Waals surface area contributed by atoms with E-state index >= 15 is 0 Å². The molecule has 72 valence electrons. The van der Waals surface area contributed by atoms with E-state index in [4.69, 9.17) is 4.74 Å². The monoisotopic (exact) mass is 181 g/mol. The average molecular weight is 181 g/mol. The molecule has 1 heterocycles. The molecule has 0 aromatic rings. The molecule has 0 atom stereocenters. The molecule has 1 aliphatic rings. The number of aliphatic imine (C=N–C) groups is 1. The van der Waals surface area contributed by atoms with Crippen molar-refractivity contribution in [3.05, 3.63) is 11.3 Å². The Kier molecular flexibility index (Phi) is 3.23. The summed E-state index contributed by atoms with van der Waals surface area (Å²) in [5, 5.41) is 0. The van der Waals surface area contributed by atoms with E-state index in [9.17, 15) is 4.79 Å². The van der Waals surface area contributed by atoms with Crippen LogP contribution in [-0.4, -0.2) is 18.8 Å². The van der Waals surface area contributed by atoms with Crippen LogP contribution < -0.4 is 0 Å². The van der Waals surface area contributed by atoms with Gasteiger partial charge in [0.2, 0.25) is 0 Å². The molecule has 1 aliphatic heterocycles. The lowest BCUT2D eigenvalue weighted by atomic mass is 10.00. The highest BCUT2D eigenvalue weighted by Crippen LogP contribution is 2.24. The van der Waals surface area contributed by atoms with Crippen LogP contribution >= 0.6 is 0 Å². The van der Waals surface area contributed by atoms with Gasteiger partial charge in [-0.2, -0.15) is 0 Å². The van der Waals surface area contributed by atoms with E-state index in [0.717, 1.165) is 12.0 Å². The first-order valence-electron chi connectivity index (χ1n) is 4.59. The maximum atomic E-state index is 11.4. The summed E-state index contributed by atoms with van der Waals surface area (Å²) in [6, 6.07) is 0. The van der Waals surface area contributed by atoms with Crippen molar-refractivity contribution >= 4 is 12.2 Å². The van der Waals surface area contributed by atoms with E-state index < -0.39 is 0 Å². The molecule has 0 saturated carbocycles.